The summed E-state index contributed by atoms with van der Waals surface area (Å²) in [5.41, 5.74) is -4.02. The second-order valence-electron chi connectivity index (χ2n) is 6.25. The molecule has 0 radical (unpaired) electrons. The highest BCUT2D eigenvalue weighted by molar-refractivity contribution is 5.43. The van der Waals surface area contributed by atoms with Gasteiger partial charge < -0.3 is 0 Å². The number of halogens is 6. The predicted molar refractivity (Wildman–Crippen MR) is 92.0 cm³/mol. The molecule has 0 amide bonds. The molecule has 2 aromatic carbocycles. The van der Waals surface area contributed by atoms with Gasteiger partial charge in [-0.1, -0.05) is 42.5 Å². The van der Waals surface area contributed by atoms with Crippen LogP contribution in [0.15, 0.2) is 83.1 Å². The van der Waals surface area contributed by atoms with Gasteiger partial charge in [-0.05, 0) is 35.9 Å². The quantitative estimate of drug-likeness (QED) is 0.387. The van der Waals surface area contributed by atoms with E-state index in [2.05, 4.69) is 10.2 Å². The fourth-order valence-corrected chi connectivity index (χ4v) is 2.80. The van der Waals surface area contributed by atoms with Gasteiger partial charge in [-0.2, -0.15) is 36.6 Å². The van der Waals surface area contributed by atoms with Gasteiger partial charge in [0, 0.05) is 6.42 Å². The topological polar surface area (TPSA) is 24.7 Å². The van der Waals surface area contributed by atoms with Crippen LogP contribution in [0.5, 0.6) is 0 Å². The summed E-state index contributed by atoms with van der Waals surface area (Å²) >= 11 is 0. The molecule has 0 saturated heterocycles. The molecule has 28 heavy (non-hydrogen) atoms. The number of allylic oxidation sites excluding steroid dienone is 2. The fourth-order valence-electron chi connectivity index (χ4n) is 2.80. The van der Waals surface area contributed by atoms with Gasteiger partial charge >= 0.3 is 12.4 Å². The summed E-state index contributed by atoms with van der Waals surface area (Å²) < 4.78 is 79.4. The van der Waals surface area contributed by atoms with E-state index in [4.69, 9.17) is 0 Å². The van der Waals surface area contributed by atoms with Crippen molar-refractivity contribution in [3.05, 3.63) is 89.5 Å². The van der Waals surface area contributed by atoms with Crippen molar-refractivity contribution in [1.82, 2.24) is 0 Å². The van der Waals surface area contributed by atoms with Crippen LogP contribution in [0.1, 0.15) is 23.1 Å². The standard InChI is InChI=1S/C20H14F6N2/c21-19(22,23)15-11-14(12-16(13-15)20(24,25)26)18(9-5-2-6-10-18)28-27-17-7-3-1-4-8-17/h1-9,11-13H,10H2. The van der Waals surface area contributed by atoms with E-state index in [0.29, 0.717) is 17.8 Å². The van der Waals surface area contributed by atoms with E-state index < -0.39 is 29.0 Å². The van der Waals surface area contributed by atoms with E-state index in [9.17, 15) is 26.3 Å². The summed E-state index contributed by atoms with van der Waals surface area (Å²) in [6.45, 7) is 0. The molecule has 0 saturated carbocycles. The Morgan fingerprint density at radius 3 is 1.89 bits per heavy atom. The molecule has 0 bridgehead atoms. The van der Waals surface area contributed by atoms with Crippen molar-refractivity contribution in [2.24, 2.45) is 10.2 Å². The minimum atomic E-state index is -4.93. The number of alkyl halides is 6. The molecule has 8 heteroatoms. The summed E-state index contributed by atoms with van der Waals surface area (Å²) in [5.74, 6) is 0. The lowest BCUT2D eigenvalue weighted by Gasteiger charge is -2.28. The first-order valence-corrected chi connectivity index (χ1v) is 8.22. The maximum atomic E-state index is 13.2. The van der Waals surface area contributed by atoms with E-state index in [0.717, 1.165) is 0 Å². The molecule has 2 nitrogen and oxygen atoms in total. The lowest BCUT2D eigenvalue weighted by atomic mass is 9.83. The number of azo groups is 1. The van der Waals surface area contributed by atoms with Crippen molar-refractivity contribution < 1.29 is 26.3 Å². The maximum absolute atomic E-state index is 13.2. The third-order valence-electron chi connectivity index (χ3n) is 4.24. The van der Waals surface area contributed by atoms with Crippen LogP contribution in [0, 0.1) is 0 Å². The highest BCUT2D eigenvalue weighted by atomic mass is 19.4. The lowest BCUT2D eigenvalue weighted by molar-refractivity contribution is -0.143. The molecule has 146 valence electrons. The molecule has 0 heterocycles. The van der Waals surface area contributed by atoms with Gasteiger partial charge in [0.1, 0.15) is 5.54 Å². The zero-order valence-electron chi connectivity index (χ0n) is 14.3. The molecule has 0 aromatic heterocycles. The lowest BCUT2D eigenvalue weighted by Crippen LogP contribution is -2.23. The third-order valence-corrected chi connectivity index (χ3v) is 4.24. The number of benzene rings is 2. The first-order chi connectivity index (χ1) is 13.1. The SMILES string of the molecule is FC(F)(F)c1cc(C(F)(F)F)cc(C2(N=Nc3ccccc3)C=CC=CC2)c1. The summed E-state index contributed by atoms with van der Waals surface area (Å²) in [7, 11) is 0. The smallest absolute Gasteiger partial charge is 0.172 e. The molecular weight excluding hydrogens is 382 g/mol. The Labute approximate surface area is 156 Å². The molecule has 1 unspecified atom stereocenters. The number of nitrogens with zero attached hydrogens (tertiary/aromatic N) is 2. The molecule has 0 aliphatic heterocycles. The molecule has 3 rings (SSSR count). The molecule has 0 spiro atoms. The Hall–Kier alpha value is -2.90. The summed E-state index contributed by atoms with van der Waals surface area (Å²) in [6, 6.07) is 9.91. The van der Waals surface area contributed by atoms with Crippen molar-refractivity contribution in [2.45, 2.75) is 24.3 Å². The molecule has 2 aromatic rings. The Kier molecular flexibility index (Phi) is 5.14. The average molecular weight is 396 g/mol. The Bertz CT molecular complexity index is 894. The van der Waals surface area contributed by atoms with Gasteiger partial charge in [-0.15, -0.1) is 0 Å². The van der Waals surface area contributed by atoms with Crippen LogP contribution >= 0.6 is 0 Å². The molecule has 0 fully saturated rings. The minimum Gasteiger partial charge on any atom is -0.172 e. The molecule has 1 atom stereocenters. The Morgan fingerprint density at radius 1 is 0.786 bits per heavy atom. The number of hydrogen-bond donors (Lipinski definition) is 0. The van der Waals surface area contributed by atoms with Crippen LogP contribution < -0.4 is 0 Å². The van der Waals surface area contributed by atoms with Gasteiger partial charge in [0.05, 0.1) is 16.8 Å². The van der Waals surface area contributed by atoms with Crippen molar-refractivity contribution >= 4 is 5.69 Å². The van der Waals surface area contributed by atoms with Crippen LogP contribution in [0.4, 0.5) is 32.0 Å². The van der Waals surface area contributed by atoms with E-state index >= 15 is 0 Å². The highest BCUT2D eigenvalue weighted by Gasteiger charge is 2.40. The van der Waals surface area contributed by atoms with Crippen LogP contribution in [0.25, 0.3) is 0 Å². The summed E-state index contributed by atoms with van der Waals surface area (Å²) in [6.07, 6.45) is -3.52. The van der Waals surface area contributed by atoms with E-state index in [1.165, 1.54) is 12.2 Å². The van der Waals surface area contributed by atoms with Crippen molar-refractivity contribution in [1.29, 1.82) is 0 Å². The van der Waals surface area contributed by atoms with Crippen molar-refractivity contribution in [2.75, 3.05) is 0 Å². The normalized spacial score (nSPS) is 20.1. The van der Waals surface area contributed by atoms with Crippen LogP contribution in [0.3, 0.4) is 0 Å². The van der Waals surface area contributed by atoms with Gasteiger partial charge in [-0.25, -0.2) is 0 Å². The van der Waals surface area contributed by atoms with E-state index in [1.54, 1.807) is 42.5 Å². The van der Waals surface area contributed by atoms with Gasteiger partial charge in [0.15, 0.2) is 0 Å². The molecule has 0 N–H and O–H groups in total. The van der Waals surface area contributed by atoms with E-state index in [1.807, 2.05) is 0 Å². The fraction of sp³-hybridized carbons (Fsp3) is 0.200. The van der Waals surface area contributed by atoms with Crippen LogP contribution in [-0.4, -0.2) is 0 Å². The Balaban J connectivity index is 2.16. The number of rotatable bonds is 3. The zero-order valence-corrected chi connectivity index (χ0v) is 14.3. The first kappa shape index (κ1) is 19.9. The molecule has 1 aliphatic carbocycles. The minimum absolute atomic E-state index is 0.0818. The zero-order chi connectivity index (χ0) is 20.4. The second kappa shape index (κ2) is 7.26. The summed E-state index contributed by atoms with van der Waals surface area (Å²) in [4.78, 5) is 0. The summed E-state index contributed by atoms with van der Waals surface area (Å²) in [5, 5.41) is 8.19. The van der Waals surface area contributed by atoms with Gasteiger partial charge in [0.2, 0.25) is 0 Å². The highest BCUT2D eigenvalue weighted by Crippen LogP contribution is 2.42. The molecular formula is C20H14F6N2. The van der Waals surface area contributed by atoms with Gasteiger partial charge in [-0.3, -0.25) is 0 Å². The largest absolute Gasteiger partial charge is 0.416 e. The third kappa shape index (κ3) is 4.32. The maximum Gasteiger partial charge on any atom is 0.416 e. The second-order valence-corrected chi connectivity index (χ2v) is 6.25. The monoisotopic (exact) mass is 396 g/mol. The first-order valence-electron chi connectivity index (χ1n) is 8.22. The van der Waals surface area contributed by atoms with Crippen molar-refractivity contribution in [3.63, 3.8) is 0 Å². The van der Waals surface area contributed by atoms with Crippen LogP contribution in [-0.2, 0) is 17.9 Å². The molecule has 1 aliphatic rings. The van der Waals surface area contributed by atoms with E-state index in [-0.39, 0.29) is 18.1 Å². The van der Waals surface area contributed by atoms with Gasteiger partial charge in [0.25, 0.3) is 0 Å². The van der Waals surface area contributed by atoms with Crippen molar-refractivity contribution in [3.8, 4) is 0 Å². The predicted octanol–water partition coefficient (Wildman–Crippen LogP) is 7.22. The Morgan fingerprint density at radius 2 is 1.39 bits per heavy atom. The number of hydrogen-bond acceptors (Lipinski definition) is 2. The van der Waals surface area contributed by atoms with Crippen LogP contribution in [0.2, 0.25) is 0 Å². The average Bonchev–Trinajstić information content (AvgIpc) is 2.66.